The van der Waals surface area contributed by atoms with E-state index in [0.717, 1.165) is 16.9 Å². The predicted octanol–water partition coefficient (Wildman–Crippen LogP) is 2.31. The normalized spacial score (nSPS) is 19.9. The third kappa shape index (κ3) is 2.80. The predicted molar refractivity (Wildman–Crippen MR) is 78.2 cm³/mol. The van der Waals surface area contributed by atoms with Crippen LogP contribution in [0.2, 0.25) is 0 Å². The van der Waals surface area contributed by atoms with Gasteiger partial charge in [0, 0.05) is 6.04 Å². The Kier molecular flexibility index (Phi) is 3.53. The number of imidazole rings is 1. The molecule has 0 bridgehead atoms. The second-order valence-electron chi connectivity index (χ2n) is 5.61. The summed E-state index contributed by atoms with van der Waals surface area (Å²) in [6, 6.07) is 9.09. The molecule has 3 rings (SSSR count). The van der Waals surface area contributed by atoms with Crippen LogP contribution in [0.5, 0.6) is 0 Å². The second kappa shape index (κ2) is 5.31. The molecule has 1 aliphatic heterocycles. The molecule has 1 atom stereocenters. The Bertz CT molecular complexity index is 507. The van der Waals surface area contributed by atoms with E-state index in [1.54, 1.807) is 0 Å². The van der Waals surface area contributed by atoms with E-state index in [0.29, 0.717) is 6.04 Å². The van der Waals surface area contributed by atoms with Crippen LogP contribution in [-0.2, 0) is 0 Å². The Hall–Kier alpha value is -1.39. The van der Waals surface area contributed by atoms with Crippen molar-refractivity contribution in [3.63, 3.8) is 0 Å². The molecular weight excluding hydrogens is 236 g/mol. The highest BCUT2D eigenvalue weighted by atomic mass is 15.1. The number of piperidine rings is 1. The molecule has 4 heteroatoms. The van der Waals surface area contributed by atoms with Crippen LogP contribution >= 0.6 is 0 Å². The molecule has 0 spiro atoms. The average molecular weight is 258 g/mol. The van der Waals surface area contributed by atoms with Crippen LogP contribution < -0.4 is 5.32 Å². The number of fused-ring (bicyclic) bond motifs is 1. The lowest BCUT2D eigenvalue weighted by Crippen LogP contribution is -2.41. The van der Waals surface area contributed by atoms with Crippen molar-refractivity contribution in [3.05, 3.63) is 30.1 Å². The summed E-state index contributed by atoms with van der Waals surface area (Å²) in [6.07, 6.45) is 2.45. The molecule has 1 aliphatic rings. The molecular formula is C15H22N4. The van der Waals surface area contributed by atoms with Gasteiger partial charge in [0.2, 0.25) is 0 Å². The molecule has 1 aromatic carbocycles. The van der Waals surface area contributed by atoms with Crippen molar-refractivity contribution < 1.29 is 0 Å². The molecule has 0 saturated carbocycles. The summed E-state index contributed by atoms with van der Waals surface area (Å²) in [5.41, 5.74) is 2.17. The summed E-state index contributed by atoms with van der Waals surface area (Å²) in [4.78, 5) is 10.5. The SMILES string of the molecule is CC(NC1CCN(C)CC1)c1nc2ccccc2[nH]1. The van der Waals surface area contributed by atoms with E-state index in [-0.39, 0.29) is 6.04 Å². The maximum absolute atomic E-state index is 4.66. The number of H-pyrrole nitrogens is 1. The first kappa shape index (κ1) is 12.6. The van der Waals surface area contributed by atoms with Gasteiger partial charge in [-0.2, -0.15) is 0 Å². The number of aromatic amines is 1. The van der Waals surface area contributed by atoms with Gasteiger partial charge in [-0.3, -0.25) is 0 Å². The summed E-state index contributed by atoms with van der Waals surface area (Å²) in [5, 5.41) is 3.70. The molecule has 2 N–H and O–H groups in total. The van der Waals surface area contributed by atoms with Crippen molar-refractivity contribution in [2.45, 2.75) is 31.8 Å². The van der Waals surface area contributed by atoms with Gasteiger partial charge in [-0.25, -0.2) is 4.98 Å². The fraction of sp³-hybridized carbons (Fsp3) is 0.533. The van der Waals surface area contributed by atoms with E-state index in [9.17, 15) is 0 Å². The Morgan fingerprint density at radius 2 is 2.05 bits per heavy atom. The van der Waals surface area contributed by atoms with E-state index in [1.165, 1.54) is 25.9 Å². The van der Waals surface area contributed by atoms with Gasteiger partial charge in [0.15, 0.2) is 0 Å². The number of rotatable bonds is 3. The van der Waals surface area contributed by atoms with Gasteiger partial charge in [0.25, 0.3) is 0 Å². The van der Waals surface area contributed by atoms with Crippen LogP contribution in [0.25, 0.3) is 11.0 Å². The summed E-state index contributed by atoms with van der Waals surface area (Å²) in [7, 11) is 2.19. The third-order valence-corrected chi connectivity index (χ3v) is 4.02. The molecule has 1 fully saturated rings. The zero-order valence-corrected chi connectivity index (χ0v) is 11.7. The number of nitrogens with zero attached hydrogens (tertiary/aromatic N) is 2. The van der Waals surface area contributed by atoms with Gasteiger partial charge in [-0.1, -0.05) is 12.1 Å². The molecule has 1 unspecified atom stereocenters. The minimum Gasteiger partial charge on any atom is -0.341 e. The van der Waals surface area contributed by atoms with Crippen molar-refractivity contribution in [1.82, 2.24) is 20.2 Å². The van der Waals surface area contributed by atoms with Crippen molar-refractivity contribution in [3.8, 4) is 0 Å². The summed E-state index contributed by atoms with van der Waals surface area (Å²) < 4.78 is 0. The van der Waals surface area contributed by atoms with Crippen molar-refractivity contribution in [2.75, 3.05) is 20.1 Å². The molecule has 0 radical (unpaired) electrons. The molecule has 1 saturated heterocycles. The van der Waals surface area contributed by atoms with E-state index >= 15 is 0 Å². The zero-order valence-electron chi connectivity index (χ0n) is 11.7. The van der Waals surface area contributed by atoms with Crippen LogP contribution in [0, 0.1) is 0 Å². The highest BCUT2D eigenvalue weighted by Gasteiger charge is 2.20. The Labute approximate surface area is 114 Å². The topological polar surface area (TPSA) is 44.0 Å². The number of para-hydroxylation sites is 2. The lowest BCUT2D eigenvalue weighted by atomic mass is 10.0. The highest BCUT2D eigenvalue weighted by Crippen LogP contribution is 2.18. The summed E-state index contributed by atoms with van der Waals surface area (Å²) in [5.74, 6) is 1.04. The Morgan fingerprint density at radius 1 is 1.32 bits per heavy atom. The van der Waals surface area contributed by atoms with E-state index in [4.69, 9.17) is 0 Å². The fourth-order valence-electron chi connectivity index (χ4n) is 2.79. The first-order chi connectivity index (χ1) is 9.22. The van der Waals surface area contributed by atoms with Crippen molar-refractivity contribution >= 4 is 11.0 Å². The molecule has 0 amide bonds. The van der Waals surface area contributed by atoms with Gasteiger partial charge >= 0.3 is 0 Å². The first-order valence-electron chi connectivity index (χ1n) is 7.11. The number of aromatic nitrogens is 2. The fourth-order valence-corrected chi connectivity index (χ4v) is 2.79. The van der Waals surface area contributed by atoms with Crippen LogP contribution in [0.4, 0.5) is 0 Å². The molecule has 2 heterocycles. The van der Waals surface area contributed by atoms with Gasteiger partial charge in [-0.15, -0.1) is 0 Å². The molecule has 19 heavy (non-hydrogen) atoms. The number of likely N-dealkylation sites (tertiary alicyclic amines) is 1. The minimum atomic E-state index is 0.279. The number of benzene rings is 1. The zero-order chi connectivity index (χ0) is 13.2. The number of hydrogen-bond acceptors (Lipinski definition) is 3. The van der Waals surface area contributed by atoms with Crippen LogP contribution in [0.15, 0.2) is 24.3 Å². The number of hydrogen-bond donors (Lipinski definition) is 2. The standard InChI is InChI=1S/C15H22N4/c1-11(16-12-7-9-19(2)10-8-12)15-17-13-5-3-4-6-14(13)18-15/h3-6,11-12,16H,7-10H2,1-2H3,(H,17,18). The van der Waals surface area contributed by atoms with Crippen molar-refractivity contribution in [2.24, 2.45) is 0 Å². The quantitative estimate of drug-likeness (QED) is 0.888. The lowest BCUT2D eigenvalue weighted by molar-refractivity contribution is 0.225. The lowest BCUT2D eigenvalue weighted by Gasteiger charge is -2.31. The van der Waals surface area contributed by atoms with Gasteiger partial charge in [0.1, 0.15) is 5.82 Å². The van der Waals surface area contributed by atoms with E-state index in [2.05, 4.69) is 46.3 Å². The average Bonchev–Trinajstić information content (AvgIpc) is 2.85. The van der Waals surface area contributed by atoms with E-state index in [1.807, 2.05) is 12.1 Å². The van der Waals surface area contributed by atoms with Crippen LogP contribution in [-0.4, -0.2) is 41.0 Å². The monoisotopic (exact) mass is 258 g/mol. The van der Waals surface area contributed by atoms with Crippen LogP contribution in [0.1, 0.15) is 31.6 Å². The third-order valence-electron chi connectivity index (χ3n) is 4.02. The molecule has 4 nitrogen and oxygen atoms in total. The summed E-state index contributed by atoms with van der Waals surface area (Å²) in [6.45, 7) is 4.56. The first-order valence-corrected chi connectivity index (χ1v) is 7.11. The second-order valence-corrected chi connectivity index (χ2v) is 5.61. The summed E-state index contributed by atoms with van der Waals surface area (Å²) >= 11 is 0. The van der Waals surface area contributed by atoms with Gasteiger partial charge < -0.3 is 15.2 Å². The molecule has 1 aromatic heterocycles. The molecule has 0 aliphatic carbocycles. The minimum absolute atomic E-state index is 0.279. The molecule has 102 valence electrons. The Balaban J connectivity index is 1.68. The van der Waals surface area contributed by atoms with Gasteiger partial charge in [-0.05, 0) is 52.0 Å². The van der Waals surface area contributed by atoms with Crippen molar-refractivity contribution in [1.29, 1.82) is 0 Å². The van der Waals surface area contributed by atoms with Crippen LogP contribution in [0.3, 0.4) is 0 Å². The van der Waals surface area contributed by atoms with E-state index < -0.39 is 0 Å². The number of nitrogens with one attached hydrogen (secondary N) is 2. The maximum atomic E-state index is 4.66. The smallest absolute Gasteiger partial charge is 0.124 e. The largest absolute Gasteiger partial charge is 0.341 e. The maximum Gasteiger partial charge on any atom is 0.124 e. The molecule has 2 aromatic rings. The highest BCUT2D eigenvalue weighted by molar-refractivity contribution is 5.74. The van der Waals surface area contributed by atoms with Gasteiger partial charge in [0.05, 0.1) is 17.1 Å². The Morgan fingerprint density at radius 3 is 2.79 bits per heavy atom.